The third-order valence-corrected chi connectivity index (χ3v) is 3.46. The van der Waals surface area contributed by atoms with Gasteiger partial charge in [-0.1, -0.05) is 24.3 Å². The van der Waals surface area contributed by atoms with Crippen molar-refractivity contribution in [2.45, 2.75) is 13.3 Å². The van der Waals surface area contributed by atoms with Crippen LogP contribution in [0.5, 0.6) is 5.75 Å². The second-order valence-corrected chi connectivity index (χ2v) is 4.68. The average Bonchev–Trinajstić information content (AvgIpc) is 2.71. The Hall–Kier alpha value is -2.03. The third kappa shape index (κ3) is 1.63. The Kier molecular flexibility index (Phi) is 2.47. The van der Waals surface area contributed by atoms with Gasteiger partial charge in [0.2, 0.25) is 0 Å². The minimum atomic E-state index is -0.277. The molecule has 0 radical (unpaired) electrons. The van der Waals surface area contributed by atoms with E-state index in [0.717, 1.165) is 18.4 Å². The predicted octanol–water partition coefficient (Wildman–Crippen LogP) is 2.76. The number of nitrogens with zero attached hydrogens (tertiary/aromatic N) is 1. The summed E-state index contributed by atoms with van der Waals surface area (Å²) in [6.07, 6.45) is 1.05. The van der Waals surface area contributed by atoms with Crippen molar-refractivity contribution in [3.05, 3.63) is 35.9 Å². The largest absolute Gasteiger partial charge is 0.426 e. The summed E-state index contributed by atoms with van der Waals surface area (Å²) in [4.78, 5) is 13.4. The van der Waals surface area contributed by atoms with Crippen molar-refractivity contribution in [2.75, 3.05) is 18.5 Å². The fourth-order valence-corrected chi connectivity index (χ4v) is 2.63. The highest BCUT2D eigenvalue weighted by Crippen LogP contribution is 2.39. The van der Waals surface area contributed by atoms with Crippen LogP contribution < -0.4 is 9.64 Å². The first-order valence-electron chi connectivity index (χ1n) is 6.11. The van der Waals surface area contributed by atoms with Gasteiger partial charge in [0.05, 0.1) is 0 Å². The minimum Gasteiger partial charge on any atom is -0.426 e. The van der Waals surface area contributed by atoms with Gasteiger partial charge in [0.1, 0.15) is 5.75 Å². The van der Waals surface area contributed by atoms with Gasteiger partial charge in [-0.3, -0.25) is 4.79 Å². The number of anilines is 1. The lowest BCUT2D eigenvalue weighted by Crippen LogP contribution is -2.12. The molecular weight excluding hydrogens is 226 g/mol. The van der Waals surface area contributed by atoms with Gasteiger partial charge in [0, 0.05) is 37.7 Å². The van der Waals surface area contributed by atoms with E-state index < -0.39 is 0 Å². The number of ether oxygens (including phenoxy) is 1. The number of hydrogen-bond acceptors (Lipinski definition) is 3. The van der Waals surface area contributed by atoms with Gasteiger partial charge in [-0.15, -0.1) is 0 Å². The molecule has 0 saturated carbocycles. The molecule has 0 N–H and O–H groups in total. The number of fused-ring (bicyclic) bond motifs is 3. The minimum absolute atomic E-state index is 0.277. The summed E-state index contributed by atoms with van der Waals surface area (Å²) in [5.74, 6) is 0.381. The molecule has 18 heavy (non-hydrogen) atoms. The molecule has 2 aromatic rings. The Balaban J connectivity index is 2.29. The Morgan fingerprint density at radius 3 is 2.72 bits per heavy atom. The molecule has 0 bridgehead atoms. The van der Waals surface area contributed by atoms with E-state index in [1.165, 1.54) is 23.6 Å². The molecule has 3 rings (SSSR count). The monoisotopic (exact) mass is 241 g/mol. The molecule has 0 spiro atoms. The van der Waals surface area contributed by atoms with Gasteiger partial charge < -0.3 is 9.64 Å². The van der Waals surface area contributed by atoms with Crippen LogP contribution in [0.2, 0.25) is 0 Å². The van der Waals surface area contributed by atoms with E-state index in [0.29, 0.717) is 5.75 Å². The molecule has 3 heteroatoms. The summed E-state index contributed by atoms with van der Waals surface area (Å²) < 4.78 is 5.34. The number of benzene rings is 2. The van der Waals surface area contributed by atoms with Gasteiger partial charge in [-0.2, -0.15) is 0 Å². The standard InChI is InChI=1S/C15H15NO2/c1-10(17)18-15-9-14-12(7-8-16(14)2)11-5-3-4-6-13(11)15/h3-6,9H,7-8H2,1-2H3. The molecule has 0 fully saturated rings. The maximum Gasteiger partial charge on any atom is 0.308 e. The molecule has 2 aromatic carbocycles. The highest BCUT2D eigenvalue weighted by atomic mass is 16.5. The summed E-state index contributed by atoms with van der Waals surface area (Å²) >= 11 is 0. The predicted molar refractivity (Wildman–Crippen MR) is 72.2 cm³/mol. The van der Waals surface area contributed by atoms with Crippen LogP contribution in [0.1, 0.15) is 12.5 Å². The van der Waals surface area contributed by atoms with Gasteiger partial charge in [-0.05, 0) is 17.4 Å². The van der Waals surface area contributed by atoms with Crippen LogP contribution in [-0.4, -0.2) is 19.6 Å². The maximum absolute atomic E-state index is 11.2. The molecule has 0 atom stereocenters. The Morgan fingerprint density at radius 1 is 1.28 bits per heavy atom. The molecule has 1 heterocycles. The van der Waals surface area contributed by atoms with Crippen molar-refractivity contribution >= 4 is 22.4 Å². The first kappa shape index (κ1) is 11.1. The normalized spacial score (nSPS) is 13.8. The molecule has 0 aliphatic carbocycles. The van der Waals surface area contributed by atoms with Crippen LogP contribution in [0.25, 0.3) is 10.8 Å². The van der Waals surface area contributed by atoms with E-state index in [4.69, 9.17) is 4.74 Å². The maximum atomic E-state index is 11.2. The molecular formula is C15H15NO2. The Bertz CT molecular complexity index is 634. The number of hydrogen-bond donors (Lipinski definition) is 0. The van der Waals surface area contributed by atoms with Gasteiger partial charge >= 0.3 is 5.97 Å². The second-order valence-electron chi connectivity index (χ2n) is 4.68. The van der Waals surface area contributed by atoms with Crippen LogP contribution in [0.3, 0.4) is 0 Å². The third-order valence-electron chi connectivity index (χ3n) is 3.46. The van der Waals surface area contributed by atoms with Crippen molar-refractivity contribution in [1.29, 1.82) is 0 Å². The zero-order valence-corrected chi connectivity index (χ0v) is 10.6. The van der Waals surface area contributed by atoms with E-state index in [2.05, 4.69) is 18.0 Å². The number of rotatable bonds is 1. The van der Waals surface area contributed by atoms with Crippen molar-refractivity contribution in [1.82, 2.24) is 0 Å². The van der Waals surface area contributed by atoms with Gasteiger partial charge in [0.25, 0.3) is 0 Å². The van der Waals surface area contributed by atoms with E-state index in [-0.39, 0.29) is 5.97 Å². The molecule has 0 aromatic heterocycles. The van der Waals surface area contributed by atoms with E-state index in [9.17, 15) is 4.79 Å². The van der Waals surface area contributed by atoms with Crippen LogP contribution in [0, 0.1) is 0 Å². The lowest BCUT2D eigenvalue weighted by Gasteiger charge is -2.15. The van der Waals surface area contributed by atoms with Gasteiger partial charge in [0.15, 0.2) is 0 Å². The summed E-state index contributed by atoms with van der Waals surface area (Å²) in [5.41, 5.74) is 2.52. The zero-order chi connectivity index (χ0) is 12.7. The molecule has 92 valence electrons. The lowest BCUT2D eigenvalue weighted by atomic mass is 10.0. The summed E-state index contributed by atoms with van der Waals surface area (Å²) in [7, 11) is 2.07. The summed E-state index contributed by atoms with van der Waals surface area (Å²) in [6, 6.07) is 10.1. The van der Waals surface area contributed by atoms with E-state index >= 15 is 0 Å². The zero-order valence-electron chi connectivity index (χ0n) is 10.6. The first-order valence-corrected chi connectivity index (χ1v) is 6.11. The Morgan fingerprint density at radius 2 is 2.00 bits per heavy atom. The van der Waals surface area contributed by atoms with E-state index in [1.807, 2.05) is 24.3 Å². The molecule has 0 unspecified atom stereocenters. The molecule has 1 aliphatic heterocycles. The summed E-state index contributed by atoms with van der Waals surface area (Å²) in [5, 5.41) is 2.21. The van der Waals surface area contributed by atoms with Crippen LogP contribution in [0.15, 0.2) is 30.3 Å². The van der Waals surface area contributed by atoms with Gasteiger partial charge in [-0.25, -0.2) is 0 Å². The van der Waals surface area contributed by atoms with Crippen LogP contribution in [-0.2, 0) is 11.2 Å². The fraction of sp³-hybridized carbons (Fsp3) is 0.267. The quantitative estimate of drug-likeness (QED) is 0.568. The van der Waals surface area contributed by atoms with Crippen LogP contribution >= 0.6 is 0 Å². The number of esters is 1. The first-order chi connectivity index (χ1) is 8.66. The highest BCUT2D eigenvalue weighted by Gasteiger charge is 2.21. The van der Waals surface area contributed by atoms with E-state index in [1.54, 1.807) is 0 Å². The topological polar surface area (TPSA) is 29.5 Å². The summed E-state index contributed by atoms with van der Waals surface area (Å²) in [6.45, 7) is 2.45. The molecule has 0 amide bonds. The van der Waals surface area contributed by atoms with Crippen molar-refractivity contribution < 1.29 is 9.53 Å². The van der Waals surface area contributed by atoms with Crippen LogP contribution in [0.4, 0.5) is 5.69 Å². The number of likely N-dealkylation sites (N-methyl/N-ethyl adjacent to an activating group) is 1. The van der Waals surface area contributed by atoms with Crippen molar-refractivity contribution in [3.63, 3.8) is 0 Å². The Labute approximate surface area is 106 Å². The van der Waals surface area contributed by atoms with Crippen molar-refractivity contribution in [2.24, 2.45) is 0 Å². The lowest BCUT2D eigenvalue weighted by molar-refractivity contribution is -0.131. The number of carbonyl (C=O) groups excluding carboxylic acids is 1. The average molecular weight is 241 g/mol. The fourth-order valence-electron chi connectivity index (χ4n) is 2.63. The molecule has 0 saturated heterocycles. The smallest absolute Gasteiger partial charge is 0.308 e. The second kappa shape index (κ2) is 4.02. The SMILES string of the molecule is CC(=O)Oc1cc2c(c3ccccc13)CCN2C. The molecule has 1 aliphatic rings. The molecule has 3 nitrogen and oxygen atoms in total. The van der Waals surface area contributed by atoms with Crippen molar-refractivity contribution in [3.8, 4) is 5.75 Å². The number of carbonyl (C=O) groups is 1. The highest BCUT2D eigenvalue weighted by molar-refractivity contribution is 5.97.